The van der Waals surface area contributed by atoms with Crippen LogP contribution in [-0.4, -0.2) is 25.8 Å². The molecule has 1 aromatic carbocycles. The first-order valence-electron chi connectivity index (χ1n) is 5.88. The largest absolute Gasteiger partial charge is 0.398 e. The number of halogens is 1. The Kier molecular flexibility index (Phi) is 3.58. The Bertz CT molecular complexity index is 529. The van der Waals surface area contributed by atoms with Crippen LogP contribution in [0.2, 0.25) is 5.02 Å². The van der Waals surface area contributed by atoms with Crippen LogP contribution < -0.4 is 5.73 Å². The third-order valence-corrected chi connectivity index (χ3v) is 5.93. The summed E-state index contributed by atoms with van der Waals surface area (Å²) >= 11 is 5.98. The summed E-state index contributed by atoms with van der Waals surface area (Å²) in [6.07, 6.45) is 0. The zero-order valence-electron chi connectivity index (χ0n) is 10.4. The lowest BCUT2D eigenvalue weighted by molar-refractivity contribution is 0.463. The highest BCUT2D eigenvalue weighted by molar-refractivity contribution is 7.89. The van der Waals surface area contributed by atoms with Crippen LogP contribution in [0.15, 0.2) is 23.1 Å². The standard InChI is InChI=1S/C12H17ClN2O2S/c1-8-6-15(7-9(8)2)18(16,17)12-10(13)4-3-5-11(12)14/h3-5,8-9H,6-7,14H2,1-2H3. The van der Waals surface area contributed by atoms with Crippen LogP contribution in [0.1, 0.15) is 13.8 Å². The molecule has 0 amide bonds. The van der Waals surface area contributed by atoms with Gasteiger partial charge in [0.25, 0.3) is 0 Å². The molecule has 1 aliphatic heterocycles. The molecule has 1 aliphatic rings. The monoisotopic (exact) mass is 288 g/mol. The zero-order valence-corrected chi connectivity index (χ0v) is 12.0. The van der Waals surface area contributed by atoms with Crippen molar-refractivity contribution in [1.82, 2.24) is 4.31 Å². The van der Waals surface area contributed by atoms with Gasteiger partial charge in [0.2, 0.25) is 10.0 Å². The van der Waals surface area contributed by atoms with Crippen molar-refractivity contribution in [3.05, 3.63) is 23.2 Å². The predicted octanol–water partition coefficient (Wildman–Crippen LogP) is 2.20. The van der Waals surface area contributed by atoms with E-state index < -0.39 is 10.0 Å². The highest BCUT2D eigenvalue weighted by Gasteiger charge is 2.36. The fourth-order valence-corrected chi connectivity index (χ4v) is 4.48. The summed E-state index contributed by atoms with van der Waals surface area (Å²) in [4.78, 5) is 0.0352. The van der Waals surface area contributed by atoms with E-state index in [4.69, 9.17) is 17.3 Å². The number of hydrogen-bond donors (Lipinski definition) is 1. The van der Waals surface area contributed by atoms with Crippen LogP contribution >= 0.6 is 11.6 Å². The van der Waals surface area contributed by atoms with Crippen LogP contribution in [0, 0.1) is 11.8 Å². The topological polar surface area (TPSA) is 63.4 Å². The summed E-state index contributed by atoms with van der Waals surface area (Å²) in [6.45, 7) is 5.15. The van der Waals surface area contributed by atoms with E-state index in [1.54, 1.807) is 18.2 Å². The molecule has 2 atom stereocenters. The van der Waals surface area contributed by atoms with E-state index in [0.717, 1.165) is 0 Å². The van der Waals surface area contributed by atoms with Gasteiger partial charge in [-0.25, -0.2) is 8.42 Å². The second-order valence-electron chi connectivity index (χ2n) is 4.93. The number of hydrogen-bond acceptors (Lipinski definition) is 3. The highest BCUT2D eigenvalue weighted by atomic mass is 35.5. The van der Waals surface area contributed by atoms with E-state index in [1.165, 1.54) is 4.31 Å². The van der Waals surface area contributed by atoms with Crippen molar-refractivity contribution < 1.29 is 8.42 Å². The second kappa shape index (κ2) is 4.72. The Morgan fingerprint density at radius 3 is 2.33 bits per heavy atom. The fraction of sp³-hybridized carbons (Fsp3) is 0.500. The average Bonchev–Trinajstić information content (AvgIpc) is 2.59. The number of benzene rings is 1. The first-order chi connectivity index (χ1) is 8.34. The molecular formula is C12H17ClN2O2S. The Morgan fingerprint density at radius 1 is 1.28 bits per heavy atom. The highest BCUT2D eigenvalue weighted by Crippen LogP contribution is 2.34. The van der Waals surface area contributed by atoms with Gasteiger partial charge >= 0.3 is 0 Å². The maximum Gasteiger partial charge on any atom is 0.246 e. The molecule has 6 heteroatoms. The maximum absolute atomic E-state index is 12.5. The van der Waals surface area contributed by atoms with E-state index in [2.05, 4.69) is 13.8 Å². The lowest BCUT2D eigenvalue weighted by atomic mass is 10.0. The molecule has 0 aliphatic carbocycles. The minimum Gasteiger partial charge on any atom is -0.398 e. The van der Waals surface area contributed by atoms with Crippen molar-refractivity contribution in [3.8, 4) is 0 Å². The van der Waals surface area contributed by atoms with Gasteiger partial charge in [-0.05, 0) is 24.0 Å². The minimum absolute atomic E-state index is 0.0352. The number of nitrogens with zero attached hydrogens (tertiary/aromatic N) is 1. The molecule has 18 heavy (non-hydrogen) atoms. The van der Waals surface area contributed by atoms with Crippen LogP contribution in [0.25, 0.3) is 0 Å². The van der Waals surface area contributed by atoms with Crippen molar-refractivity contribution in [2.45, 2.75) is 18.7 Å². The molecule has 2 unspecified atom stereocenters. The molecular weight excluding hydrogens is 272 g/mol. The van der Waals surface area contributed by atoms with Gasteiger partial charge in [0.15, 0.2) is 0 Å². The number of anilines is 1. The van der Waals surface area contributed by atoms with E-state index in [9.17, 15) is 8.42 Å². The third-order valence-electron chi connectivity index (χ3n) is 3.55. The summed E-state index contributed by atoms with van der Waals surface area (Å²) in [7, 11) is -3.59. The molecule has 1 heterocycles. The lowest BCUT2D eigenvalue weighted by Gasteiger charge is -2.18. The molecule has 0 radical (unpaired) electrons. The lowest BCUT2D eigenvalue weighted by Crippen LogP contribution is -2.29. The average molecular weight is 289 g/mol. The van der Waals surface area contributed by atoms with Crippen molar-refractivity contribution >= 4 is 27.3 Å². The van der Waals surface area contributed by atoms with Crippen molar-refractivity contribution in [2.24, 2.45) is 11.8 Å². The smallest absolute Gasteiger partial charge is 0.246 e. The van der Waals surface area contributed by atoms with Crippen molar-refractivity contribution in [1.29, 1.82) is 0 Å². The second-order valence-corrected chi connectivity index (χ2v) is 7.22. The fourth-order valence-electron chi connectivity index (χ4n) is 2.20. The Labute approximate surface area is 113 Å². The van der Waals surface area contributed by atoms with Gasteiger partial charge in [0, 0.05) is 13.1 Å². The van der Waals surface area contributed by atoms with Gasteiger partial charge in [-0.3, -0.25) is 0 Å². The molecule has 0 bridgehead atoms. The molecule has 0 spiro atoms. The van der Waals surface area contributed by atoms with E-state index in [1.807, 2.05) is 0 Å². The van der Waals surface area contributed by atoms with Gasteiger partial charge < -0.3 is 5.73 Å². The van der Waals surface area contributed by atoms with Crippen LogP contribution in [0.5, 0.6) is 0 Å². The first-order valence-corrected chi connectivity index (χ1v) is 7.70. The van der Waals surface area contributed by atoms with Gasteiger partial charge in [0.05, 0.1) is 10.7 Å². The minimum atomic E-state index is -3.59. The van der Waals surface area contributed by atoms with Crippen molar-refractivity contribution in [2.75, 3.05) is 18.8 Å². The third kappa shape index (κ3) is 2.22. The van der Waals surface area contributed by atoms with Crippen molar-refractivity contribution in [3.63, 3.8) is 0 Å². The summed E-state index contributed by atoms with van der Waals surface area (Å²) < 4.78 is 26.5. The summed E-state index contributed by atoms with van der Waals surface area (Å²) in [5, 5.41) is 0.183. The molecule has 1 aromatic rings. The molecule has 2 N–H and O–H groups in total. The van der Waals surface area contributed by atoms with Gasteiger partial charge in [-0.15, -0.1) is 0 Å². The normalized spacial score (nSPS) is 25.5. The Balaban J connectivity index is 2.44. The molecule has 0 saturated carbocycles. The first kappa shape index (κ1) is 13.6. The van der Waals surface area contributed by atoms with Crippen LogP contribution in [-0.2, 0) is 10.0 Å². The quantitative estimate of drug-likeness (QED) is 0.849. The summed E-state index contributed by atoms with van der Waals surface area (Å²) in [6, 6.07) is 4.75. The maximum atomic E-state index is 12.5. The number of sulfonamides is 1. The Morgan fingerprint density at radius 2 is 1.83 bits per heavy atom. The van der Waals surface area contributed by atoms with Gasteiger partial charge in [-0.1, -0.05) is 31.5 Å². The summed E-state index contributed by atoms with van der Waals surface area (Å²) in [5.41, 5.74) is 5.96. The van der Waals surface area contributed by atoms with E-state index in [-0.39, 0.29) is 15.6 Å². The number of rotatable bonds is 2. The molecule has 1 saturated heterocycles. The number of nitrogens with two attached hydrogens (primary N) is 1. The van der Waals surface area contributed by atoms with E-state index in [0.29, 0.717) is 24.9 Å². The molecule has 0 aromatic heterocycles. The zero-order chi connectivity index (χ0) is 13.5. The predicted molar refractivity (Wildman–Crippen MR) is 73.0 cm³/mol. The molecule has 4 nitrogen and oxygen atoms in total. The van der Waals surface area contributed by atoms with Crippen LogP contribution in [0.3, 0.4) is 0 Å². The molecule has 2 rings (SSSR count). The van der Waals surface area contributed by atoms with Gasteiger partial charge in [0.1, 0.15) is 4.90 Å². The Hall–Kier alpha value is -0.780. The SMILES string of the molecule is CC1CN(S(=O)(=O)c2c(N)cccc2Cl)CC1C. The van der Waals surface area contributed by atoms with Gasteiger partial charge in [-0.2, -0.15) is 4.31 Å². The van der Waals surface area contributed by atoms with E-state index >= 15 is 0 Å². The molecule has 1 fully saturated rings. The molecule has 100 valence electrons. The summed E-state index contributed by atoms with van der Waals surface area (Å²) in [5.74, 6) is 0.701. The number of nitrogen functional groups attached to an aromatic ring is 1. The van der Waals surface area contributed by atoms with Crippen LogP contribution in [0.4, 0.5) is 5.69 Å².